The van der Waals surface area contributed by atoms with Crippen LogP contribution >= 0.6 is 7.60 Å². The minimum atomic E-state index is -3.44. The highest BCUT2D eigenvalue weighted by atomic mass is 31.2. The molecule has 9 nitrogen and oxygen atoms in total. The zero-order chi connectivity index (χ0) is 21.4. The lowest BCUT2D eigenvalue weighted by atomic mass is 10.1. The van der Waals surface area contributed by atoms with E-state index < -0.39 is 31.3 Å². The van der Waals surface area contributed by atoms with Gasteiger partial charge in [0.05, 0.1) is 25.6 Å². The highest BCUT2D eigenvalue weighted by molar-refractivity contribution is 7.62. The van der Waals surface area contributed by atoms with Gasteiger partial charge in [-0.15, -0.1) is 0 Å². The number of alkyl carbamates (subject to hydrolysis) is 1. The van der Waals surface area contributed by atoms with Crippen molar-refractivity contribution in [3.05, 3.63) is 24.0 Å². The van der Waals surface area contributed by atoms with Gasteiger partial charge in [0.25, 0.3) is 0 Å². The molecule has 1 aromatic heterocycles. The number of hydrogen-bond donors (Lipinski definition) is 1. The molecule has 0 saturated heterocycles. The van der Waals surface area contributed by atoms with Crippen molar-refractivity contribution >= 4 is 25.0 Å². The van der Waals surface area contributed by atoms with Crippen LogP contribution in [0.25, 0.3) is 0 Å². The Kier molecular flexibility index (Phi) is 9.07. The Morgan fingerprint density at radius 3 is 2.21 bits per heavy atom. The van der Waals surface area contributed by atoms with Crippen LogP contribution in [-0.4, -0.2) is 49.0 Å². The summed E-state index contributed by atoms with van der Waals surface area (Å²) in [4.78, 5) is 28.2. The van der Waals surface area contributed by atoms with E-state index in [-0.39, 0.29) is 19.6 Å². The van der Waals surface area contributed by atoms with E-state index in [9.17, 15) is 14.2 Å². The van der Waals surface area contributed by atoms with E-state index in [2.05, 4.69) is 10.3 Å². The maximum Gasteiger partial charge on any atom is 0.408 e. The van der Waals surface area contributed by atoms with Crippen molar-refractivity contribution in [1.29, 1.82) is 0 Å². The zero-order valence-electron chi connectivity index (χ0n) is 17.2. The summed E-state index contributed by atoms with van der Waals surface area (Å²) in [5, 5.41) is 2.79. The fraction of sp³-hybridized carbons (Fsp3) is 0.611. The van der Waals surface area contributed by atoms with Gasteiger partial charge in [-0.05, 0) is 46.8 Å². The van der Waals surface area contributed by atoms with Gasteiger partial charge >= 0.3 is 19.7 Å². The molecule has 0 bridgehead atoms. The summed E-state index contributed by atoms with van der Waals surface area (Å²) in [5.74, 6) is -0.633. The lowest BCUT2D eigenvalue weighted by Gasteiger charge is -2.22. The number of carbonyl (C=O) groups is 2. The second-order valence-electron chi connectivity index (χ2n) is 6.77. The average Bonchev–Trinajstić information content (AvgIpc) is 2.59. The Labute approximate surface area is 165 Å². The number of hydrogen-bond acceptors (Lipinski definition) is 8. The van der Waals surface area contributed by atoms with Crippen LogP contribution in [0.3, 0.4) is 0 Å². The summed E-state index contributed by atoms with van der Waals surface area (Å²) in [6.07, 6.45) is 0.708. The van der Waals surface area contributed by atoms with Gasteiger partial charge in [0.1, 0.15) is 11.6 Å². The molecule has 1 N–H and O–H groups in total. The van der Waals surface area contributed by atoms with Crippen LogP contribution < -0.4 is 10.6 Å². The molecule has 0 radical (unpaired) electrons. The lowest BCUT2D eigenvalue weighted by Crippen LogP contribution is -2.45. The molecule has 0 unspecified atom stereocenters. The monoisotopic (exact) mass is 416 g/mol. The number of pyridine rings is 1. The number of aromatic nitrogens is 1. The van der Waals surface area contributed by atoms with Crippen LogP contribution in [0.5, 0.6) is 0 Å². The number of rotatable bonds is 9. The third kappa shape index (κ3) is 7.58. The van der Waals surface area contributed by atoms with Crippen molar-refractivity contribution in [3.8, 4) is 0 Å². The Bertz CT molecular complexity index is 691. The first kappa shape index (κ1) is 24.1. The summed E-state index contributed by atoms with van der Waals surface area (Å²) >= 11 is 0. The van der Waals surface area contributed by atoms with Crippen LogP contribution in [0.1, 0.15) is 40.3 Å². The van der Waals surface area contributed by atoms with E-state index in [1.807, 2.05) is 0 Å². The molecule has 0 fully saturated rings. The molecule has 0 aliphatic carbocycles. The number of nitrogens with one attached hydrogen (secondary N) is 1. The average molecular weight is 416 g/mol. The van der Waals surface area contributed by atoms with Crippen LogP contribution in [0.15, 0.2) is 18.3 Å². The number of methoxy groups -OCH3 is 1. The van der Waals surface area contributed by atoms with Gasteiger partial charge in [0.15, 0.2) is 0 Å². The summed E-state index contributed by atoms with van der Waals surface area (Å²) in [6, 6.07) is 2.17. The topological polar surface area (TPSA) is 113 Å². The molecule has 1 amide bonds. The zero-order valence-corrected chi connectivity index (χ0v) is 18.1. The van der Waals surface area contributed by atoms with Gasteiger partial charge in [-0.1, -0.05) is 0 Å². The van der Waals surface area contributed by atoms with Crippen molar-refractivity contribution in [2.45, 2.75) is 52.7 Å². The molecule has 28 heavy (non-hydrogen) atoms. The molecule has 1 heterocycles. The van der Waals surface area contributed by atoms with Gasteiger partial charge in [-0.3, -0.25) is 9.55 Å². The Hall–Kier alpha value is -1.96. The minimum Gasteiger partial charge on any atom is -0.467 e. The number of amides is 1. The lowest BCUT2D eigenvalue weighted by molar-refractivity contribution is -0.143. The van der Waals surface area contributed by atoms with Gasteiger partial charge in [-0.25, -0.2) is 9.59 Å². The maximum atomic E-state index is 12.7. The molecule has 1 rings (SSSR count). The fourth-order valence-electron chi connectivity index (χ4n) is 2.22. The van der Waals surface area contributed by atoms with E-state index in [4.69, 9.17) is 18.5 Å². The fourth-order valence-corrected chi connectivity index (χ4v) is 3.73. The van der Waals surface area contributed by atoms with Crippen LogP contribution in [0.2, 0.25) is 0 Å². The van der Waals surface area contributed by atoms with Crippen LogP contribution in [-0.2, 0) is 34.3 Å². The first-order valence-electron chi connectivity index (χ1n) is 8.96. The predicted octanol–water partition coefficient (Wildman–Crippen LogP) is 2.58. The predicted molar refractivity (Wildman–Crippen MR) is 104 cm³/mol. The molecule has 1 atom stereocenters. The van der Waals surface area contributed by atoms with Crippen molar-refractivity contribution in [2.75, 3.05) is 20.3 Å². The van der Waals surface area contributed by atoms with Gasteiger partial charge in [-0.2, -0.15) is 0 Å². The number of carbonyl (C=O) groups excluding carboxylic acids is 2. The standard InChI is InChI=1S/C18H29N2O7P/c1-7-25-28(23,26-8-2)14-10-9-13(19-12-14)11-15(16(21)24-6)20-17(22)27-18(3,4)5/h9-10,12,15H,7-8,11H2,1-6H3,(H,20,22)/t15-/m0/s1. The van der Waals surface area contributed by atoms with E-state index in [0.29, 0.717) is 11.0 Å². The van der Waals surface area contributed by atoms with Crippen molar-refractivity contribution in [1.82, 2.24) is 10.3 Å². The normalized spacial score (nSPS) is 12.9. The molecule has 0 spiro atoms. The number of nitrogens with zero attached hydrogens (tertiary/aromatic N) is 1. The second-order valence-corrected chi connectivity index (χ2v) is 8.79. The van der Waals surface area contributed by atoms with Gasteiger partial charge in [0.2, 0.25) is 0 Å². The summed E-state index contributed by atoms with van der Waals surface area (Å²) < 4.78 is 33.2. The van der Waals surface area contributed by atoms with E-state index >= 15 is 0 Å². The van der Waals surface area contributed by atoms with Gasteiger partial charge in [0, 0.05) is 18.3 Å². The third-order valence-corrected chi connectivity index (χ3v) is 5.41. The van der Waals surface area contributed by atoms with Crippen LogP contribution in [0, 0.1) is 0 Å². The van der Waals surface area contributed by atoms with Gasteiger partial charge < -0.3 is 23.8 Å². The summed E-state index contributed by atoms with van der Waals surface area (Å²) in [7, 11) is -2.22. The van der Waals surface area contributed by atoms with Crippen molar-refractivity contribution in [3.63, 3.8) is 0 Å². The first-order chi connectivity index (χ1) is 13.0. The third-order valence-electron chi connectivity index (χ3n) is 3.31. The molecular weight excluding hydrogens is 387 g/mol. The molecule has 1 aromatic rings. The minimum absolute atomic E-state index is 0.0692. The highest BCUT2D eigenvalue weighted by Gasteiger charge is 2.28. The molecule has 0 aliphatic rings. The number of ether oxygens (including phenoxy) is 2. The largest absolute Gasteiger partial charge is 0.467 e. The summed E-state index contributed by atoms with van der Waals surface area (Å²) in [6.45, 7) is 9.04. The maximum absolute atomic E-state index is 12.7. The van der Waals surface area contributed by atoms with Crippen LogP contribution in [0.4, 0.5) is 4.79 Å². The van der Waals surface area contributed by atoms with E-state index in [1.165, 1.54) is 13.3 Å². The highest BCUT2D eigenvalue weighted by Crippen LogP contribution is 2.46. The number of esters is 1. The summed E-state index contributed by atoms with van der Waals surface area (Å²) in [5.41, 5.74) is -0.223. The molecule has 0 aliphatic heterocycles. The Morgan fingerprint density at radius 2 is 1.79 bits per heavy atom. The van der Waals surface area contributed by atoms with Crippen molar-refractivity contribution in [2.24, 2.45) is 0 Å². The molecule has 0 aromatic carbocycles. The Morgan fingerprint density at radius 1 is 1.18 bits per heavy atom. The first-order valence-corrected chi connectivity index (χ1v) is 10.5. The molecule has 158 valence electrons. The quantitative estimate of drug-likeness (QED) is 0.483. The SMILES string of the molecule is CCOP(=O)(OCC)c1ccc(C[C@H](NC(=O)OC(C)(C)C)C(=O)OC)nc1. The Balaban J connectivity index is 2.94. The molecule has 10 heteroatoms. The van der Waals surface area contributed by atoms with E-state index in [1.54, 1.807) is 46.8 Å². The van der Waals surface area contributed by atoms with Crippen molar-refractivity contribution < 1.29 is 32.7 Å². The van der Waals surface area contributed by atoms with E-state index in [0.717, 1.165) is 0 Å². The molecular formula is C18H29N2O7P. The second kappa shape index (κ2) is 10.5. The smallest absolute Gasteiger partial charge is 0.408 e. The molecule has 0 saturated carbocycles.